The van der Waals surface area contributed by atoms with E-state index in [1.54, 1.807) is 6.07 Å². The zero-order valence-corrected chi connectivity index (χ0v) is 18.1. The lowest BCUT2D eigenvalue weighted by atomic mass is 9.82. The number of aromatic amines is 1. The molecule has 2 N–H and O–H groups in total. The number of esters is 1. The first-order valence-electron chi connectivity index (χ1n) is 10.9. The van der Waals surface area contributed by atoms with Crippen molar-refractivity contribution in [2.75, 3.05) is 25.5 Å². The van der Waals surface area contributed by atoms with Crippen LogP contribution in [0.4, 0.5) is 5.69 Å². The Labute approximate surface area is 185 Å². The van der Waals surface area contributed by atoms with Crippen LogP contribution in [0, 0.1) is 5.92 Å². The summed E-state index contributed by atoms with van der Waals surface area (Å²) in [5.74, 6) is -0.148. The van der Waals surface area contributed by atoms with Crippen molar-refractivity contribution < 1.29 is 14.3 Å². The summed E-state index contributed by atoms with van der Waals surface area (Å²) in [7, 11) is 1.32. The van der Waals surface area contributed by atoms with Crippen LogP contribution < -0.4 is 10.9 Å². The van der Waals surface area contributed by atoms with Gasteiger partial charge in [-0.25, -0.2) is 4.79 Å². The maximum atomic E-state index is 13.3. The van der Waals surface area contributed by atoms with E-state index in [9.17, 15) is 14.4 Å². The minimum atomic E-state index is -0.529. The van der Waals surface area contributed by atoms with Crippen molar-refractivity contribution >= 4 is 28.5 Å². The van der Waals surface area contributed by atoms with Crippen molar-refractivity contribution in [3.05, 3.63) is 64.2 Å². The highest BCUT2D eigenvalue weighted by atomic mass is 16.5. The predicted molar refractivity (Wildman–Crippen MR) is 121 cm³/mol. The number of hydrogen-bond donors (Lipinski definition) is 2. The van der Waals surface area contributed by atoms with Gasteiger partial charge in [0.1, 0.15) is 5.69 Å². The van der Waals surface area contributed by atoms with E-state index in [0.717, 1.165) is 29.6 Å². The molecule has 3 aromatic rings. The molecule has 5 rings (SSSR count). The molecule has 0 radical (unpaired) electrons. The number of amides is 1. The van der Waals surface area contributed by atoms with Crippen LogP contribution in [0.15, 0.2) is 47.3 Å². The molecule has 1 saturated heterocycles. The molecule has 0 spiro atoms. The van der Waals surface area contributed by atoms with Gasteiger partial charge in [0.25, 0.3) is 5.56 Å². The van der Waals surface area contributed by atoms with E-state index in [0.29, 0.717) is 24.7 Å². The van der Waals surface area contributed by atoms with Gasteiger partial charge in [0, 0.05) is 48.2 Å². The van der Waals surface area contributed by atoms with Crippen LogP contribution in [0.3, 0.4) is 0 Å². The van der Waals surface area contributed by atoms with Crippen molar-refractivity contribution in [3.63, 3.8) is 0 Å². The molecule has 4 heterocycles. The molecule has 166 valence electrons. The number of aromatic nitrogens is 2. The number of para-hydroxylation sites is 1. The molecule has 1 amide bonds. The number of pyridine rings is 1. The van der Waals surface area contributed by atoms with Gasteiger partial charge in [0.15, 0.2) is 0 Å². The first-order chi connectivity index (χ1) is 15.5. The van der Waals surface area contributed by atoms with Gasteiger partial charge in [-0.3, -0.25) is 14.5 Å². The molecule has 32 heavy (non-hydrogen) atoms. The fourth-order valence-electron chi connectivity index (χ4n) is 5.17. The molecular formula is C24H26N4O4. The van der Waals surface area contributed by atoms with Crippen LogP contribution in [0.5, 0.6) is 0 Å². The summed E-state index contributed by atoms with van der Waals surface area (Å²) in [6.45, 7) is 4.04. The van der Waals surface area contributed by atoms with E-state index >= 15 is 0 Å². The third kappa shape index (κ3) is 3.40. The van der Waals surface area contributed by atoms with Gasteiger partial charge in [-0.15, -0.1) is 0 Å². The molecule has 0 saturated carbocycles. The molecule has 3 atom stereocenters. The number of likely N-dealkylation sites (tertiary alicyclic amines) is 1. The molecule has 2 bridgehead atoms. The summed E-state index contributed by atoms with van der Waals surface area (Å²) >= 11 is 0. The van der Waals surface area contributed by atoms with Gasteiger partial charge in [-0.05, 0) is 31.4 Å². The summed E-state index contributed by atoms with van der Waals surface area (Å²) in [5.41, 5.74) is 2.53. The van der Waals surface area contributed by atoms with E-state index in [2.05, 4.69) is 15.2 Å². The van der Waals surface area contributed by atoms with Crippen LogP contribution in [-0.4, -0.2) is 52.6 Å². The fraction of sp³-hybridized carbons (Fsp3) is 0.375. The monoisotopic (exact) mass is 434 g/mol. The molecule has 2 aliphatic rings. The molecular weight excluding hydrogens is 408 g/mol. The van der Waals surface area contributed by atoms with Gasteiger partial charge in [-0.2, -0.15) is 0 Å². The topological polar surface area (TPSA) is 96.4 Å². The number of methoxy groups -OCH3 is 1. The molecule has 2 aliphatic heterocycles. The van der Waals surface area contributed by atoms with Gasteiger partial charge in [0.05, 0.1) is 18.8 Å². The predicted octanol–water partition coefficient (Wildman–Crippen LogP) is 2.56. The number of fused-ring (bicyclic) bond motifs is 5. The van der Waals surface area contributed by atoms with Crippen molar-refractivity contribution in [1.82, 2.24) is 14.5 Å². The Morgan fingerprint density at radius 3 is 2.75 bits per heavy atom. The summed E-state index contributed by atoms with van der Waals surface area (Å²) < 4.78 is 6.78. The lowest BCUT2D eigenvalue weighted by Crippen LogP contribution is -2.52. The second-order valence-electron chi connectivity index (χ2n) is 8.73. The maximum absolute atomic E-state index is 13.3. The Bertz CT molecular complexity index is 1260. The highest BCUT2D eigenvalue weighted by molar-refractivity contribution is 6.11. The Hall–Kier alpha value is -3.39. The van der Waals surface area contributed by atoms with Gasteiger partial charge in [-0.1, -0.05) is 24.3 Å². The molecule has 8 heteroatoms. The van der Waals surface area contributed by atoms with E-state index in [1.807, 2.05) is 47.9 Å². The second kappa shape index (κ2) is 7.94. The zero-order chi connectivity index (χ0) is 22.4. The molecule has 1 unspecified atom stereocenters. The Kier molecular flexibility index (Phi) is 5.09. The minimum Gasteiger partial charge on any atom is -0.464 e. The standard InChI is InChI=1S/C24H26N4O4/c1-14(27-11-15-10-16(13-27)19-8-5-9-20(29)28(19)12-15)23(30)26-21-17-6-3-4-7-18(17)25-22(21)24(31)32-2/h3-9,14-16,25H,10-13H2,1-2H3,(H,26,30)/t14?,15-,16-/m0/s1. The van der Waals surface area contributed by atoms with Crippen molar-refractivity contribution in [3.8, 4) is 0 Å². The number of nitrogens with one attached hydrogen (secondary N) is 2. The van der Waals surface area contributed by atoms with Crippen molar-refractivity contribution in [2.24, 2.45) is 5.92 Å². The van der Waals surface area contributed by atoms with Crippen LogP contribution in [0.1, 0.15) is 35.4 Å². The number of nitrogens with zero attached hydrogens (tertiary/aromatic N) is 2. The molecule has 1 fully saturated rings. The third-order valence-corrected chi connectivity index (χ3v) is 6.78. The van der Waals surface area contributed by atoms with Crippen LogP contribution in [0.25, 0.3) is 10.9 Å². The SMILES string of the molecule is COC(=O)c1[nH]c2ccccc2c1NC(=O)C(C)N1C[C@@H]2C[C@@H](C1)c1cccc(=O)n1C2. The summed E-state index contributed by atoms with van der Waals surface area (Å²) in [5, 5.41) is 3.73. The average molecular weight is 434 g/mol. The number of rotatable bonds is 4. The van der Waals surface area contributed by atoms with Crippen LogP contribution in [0.2, 0.25) is 0 Å². The molecule has 8 nitrogen and oxygen atoms in total. The lowest BCUT2D eigenvalue weighted by molar-refractivity contribution is -0.121. The first kappa shape index (κ1) is 20.5. The van der Waals surface area contributed by atoms with Gasteiger partial charge >= 0.3 is 5.97 Å². The summed E-state index contributed by atoms with van der Waals surface area (Å²) in [6, 6.07) is 12.5. The second-order valence-corrected chi connectivity index (χ2v) is 8.73. The zero-order valence-electron chi connectivity index (χ0n) is 18.1. The quantitative estimate of drug-likeness (QED) is 0.616. The molecule has 1 aromatic carbocycles. The molecule has 2 aromatic heterocycles. The Morgan fingerprint density at radius 2 is 1.94 bits per heavy atom. The van der Waals surface area contributed by atoms with E-state index in [1.165, 1.54) is 7.11 Å². The number of carbonyl (C=O) groups is 2. The maximum Gasteiger partial charge on any atom is 0.356 e. The van der Waals surface area contributed by atoms with E-state index in [-0.39, 0.29) is 29.1 Å². The number of hydrogen-bond acceptors (Lipinski definition) is 5. The van der Waals surface area contributed by atoms with E-state index in [4.69, 9.17) is 4.74 Å². The Balaban J connectivity index is 1.39. The highest BCUT2D eigenvalue weighted by Crippen LogP contribution is 2.36. The number of H-pyrrole nitrogens is 1. The normalized spacial score (nSPS) is 21.1. The third-order valence-electron chi connectivity index (χ3n) is 6.78. The van der Waals surface area contributed by atoms with Crippen LogP contribution >= 0.6 is 0 Å². The number of carbonyl (C=O) groups excluding carboxylic acids is 2. The van der Waals surface area contributed by atoms with E-state index < -0.39 is 5.97 Å². The number of anilines is 1. The average Bonchev–Trinajstić information content (AvgIpc) is 3.17. The smallest absolute Gasteiger partial charge is 0.356 e. The largest absolute Gasteiger partial charge is 0.464 e. The Morgan fingerprint density at radius 1 is 1.12 bits per heavy atom. The van der Waals surface area contributed by atoms with Crippen molar-refractivity contribution in [1.29, 1.82) is 0 Å². The lowest BCUT2D eigenvalue weighted by Gasteiger charge is -2.44. The van der Waals surface area contributed by atoms with Crippen molar-refractivity contribution in [2.45, 2.75) is 31.8 Å². The number of benzene rings is 1. The number of piperidine rings is 1. The van der Waals surface area contributed by atoms with Crippen LogP contribution in [-0.2, 0) is 16.1 Å². The fourth-order valence-corrected chi connectivity index (χ4v) is 5.17. The minimum absolute atomic E-state index is 0.0473. The summed E-state index contributed by atoms with van der Waals surface area (Å²) in [4.78, 5) is 43.0. The summed E-state index contributed by atoms with van der Waals surface area (Å²) in [6.07, 6.45) is 1.03. The molecule has 0 aliphatic carbocycles. The highest BCUT2D eigenvalue weighted by Gasteiger charge is 2.37. The first-order valence-corrected chi connectivity index (χ1v) is 10.9. The van der Waals surface area contributed by atoms with Gasteiger partial charge in [0.2, 0.25) is 5.91 Å². The number of ether oxygens (including phenoxy) is 1. The van der Waals surface area contributed by atoms with Gasteiger partial charge < -0.3 is 19.6 Å².